The van der Waals surface area contributed by atoms with Gasteiger partial charge in [0.2, 0.25) is 5.91 Å². The van der Waals surface area contributed by atoms with Crippen molar-refractivity contribution >= 4 is 11.8 Å². The van der Waals surface area contributed by atoms with Crippen LogP contribution < -0.4 is 15.8 Å². The second kappa shape index (κ2) is 9.19. The fourth-order valence-corrected chi connectivity index (χ4v) is 3.39. The Hall–Kier alpha value is -2.86. The molecule has 1 aliphatic rings. The summed E-state index contributed by atoms with van der Waals surface area (Å²) in [5.74, 6) is 0.669. The first-order valence-electron chi connectivity index (χ1n) is 9.14. The van der Waals surface area contributed by atoms with Crippen LogP contribution in [0.2, 0.25) is 0 Å². The molecular formula is C21H25N3O3. The third-order valence-corrected chi connectivity index (χ3v) is 4.87. The van der Waals surface area contributed by atoms with Crippen molar-refractivity contribution in [1.82, 2.24) is 10.2 Å². The molecule has 0 aromatic heterocycles. The number of amides is 2. The third-order valence-electron chi connectivity index (χ3n) is 4.87. The molecule has 0 bridgehead atoms. The molecule has 2 amide bonds. The van der Waals surface area contributed by atoms with E-state index in [1.165, 1.54) is 5.56 Å². The number of benzene rings is 2. The van der Waals surface area contributed by atoms with Crippen LogP contribution in [0.5, 0.6) is 5.75 Å². The van der Waals surface area contributed by atoms with Gasteiger partial charge >= 0.3 is 0 Å². The molecule has 0 unspecified atom stereocenters. The molecule has 1 fully saturated rings. The lowest BCUT2D eigenvalue weighted by Crippen LogP contribution is -2.40. The van der Waals surface area contributed by atoms with Gasteiger partial charge in [-0.25, -0.2) is 0 Å². The second-order valence-electron chi connectivity index (χ2n) is 6.69. The normalized spacial score (nSPS) is 18.9. The van der Waals surface area contributed by atoms with Crippen LogP contribution in [0.1, 0.15) is 11.5 Å². The van der Waals surface area contributed by atoms with E-state index in [0.29, 0.717) is 25.4 Å². The van der Waals surface area contributed by atoms with E-state index in [-0.39, 0.29) is 36.8 Å². The maximum atomic E-state index is 12.5. The van der Waals surface area contributed by atoms with Crippen LogP contribution in [0.25, 0.3) is 0 Å². The first-order valence-corrected chi connectivity index (χ1v) is 9.14. The maximum absolute atomic E-state index is 12.5. The highest BCUT2D eigenvalue weighted by atomic mass is 16.5. The molecule has 0 aliphatic carbocycles. The molecule has 0 saturated carbocycles. The molecule has 1 saturated heterocycles. The second-order valence-corrected chi connectivity index (χ2v) is 6.69. The summed E-state index contributed by atoms with van der Waals surface area (Å²) in [7, 11) is 0. The molecule has 27 heavy (non-hydrogen) atoms. The van der Waals surface area contributed by atoms with Crippen LogP contribution in [-0.4, -0.2) is 49.5 Å². The minimum absolute atomic E-state index is 0.0320. The summed E-state index contributed by atoms with van der Waals surface area (Å²) in [6, 6.07) is 19.2. The predicted molar refractivity (Wildman–Crippen MR) is 103 cm³/mol. The van der Waals surface area contributed by atoms with Crippen LogP contribution in [0, 0.1) is 5.92 Å². The minimum Gasteiger partial charge on any atom is -0.484 e. The first-order chi connectivity index (χ1) is 13.2. The number of hydrogen-bond acceptors (Lipinski definition) is 4. The van der Waals surface area contributed by atoms with E-state index in [4.69, 9.17) is 10.5 Å². The molecule has 3 N–H and O–H groups in total. The molecule has 1 aliphatic heterocycles. The number of para-hydroxylation sites is 1. The van der Waals surface area contributed by atoms with Gasteiger partial charge in [0, 0.05) is 19.0 Å². The van der Waals surface area contributed by atoms with Gasteiger partial charge in [0.1, 0.15) is 5.75 Å². The minimum atomic E-state index is -0.318. The highest BCUT2D eigenvalue weighted by molar-refractivity contribution is 5.85. The lowest BCUT2D eigenvalue weighted by molar-refractivity contribution is -0.132. The molecule has 6 nitrogen and oxygen atoms in total. The van der Waals surface area contributed by atoms with E-state index in [1.54, 1.807) is 17.0 Å². The Morgan fingerprint density at radius 1 is 1.04 bits per heavy atom. The number of carbonyl (C=O) groups is 2. The van der Waals surface area contributed by atoms with Crippen molar-refractivity contribution < 1.29 is 14.3 Å². The topological polar surface area (TPSA) is 84.7 Å². The summed E-state index contributed by atoms with van der Waals surface area (Å²) in [4.78, 5) is 26.2. The average molecular weight is 367 g/mol. The number of rotatable bonds is 7. The van der Waals surface area contributed by atoms with Gasteiger partial charge in [-0.1, -0.05) is 48.5 Å². The number of nitrogens with zero attached hydrogens (tertiary/aromatic N) is 1. The van der Waals surface area contributed by atoms with Gasteiger partial charge in [-0.05, 0) is 30.2 Å². The van der Waals surface area contributed by atoms with Gasteiger partial charge in [0.15, 0.2) is 6.61 Å². The number of likely N-dealkylation sites (tertiary alicyclic amines) is 1. The molecule has 2 aromatic rings. The monoisotopic (exact) mass is 367 g/mol. The van der Waals surface area contributed by atoms with E-state index in [0.717, 1.165) is 0 Å². The molecule has 2 aromatic carbocycles. The smallest absolute Gasteiger partial charge is 0.258 e. The van der Waals surface area contributed by atoms with E-state index < -0.39 is 0 Å². The zero-order valence-electron chi connectivity index (χ0n) is 15.2. The number of nitrogens with two attached hydrogens (primary N) is 1. The lowest BCUT2D eigenvalue weighted by Gasteiger charge is -2.17. The third kappa shape index (κ3) is 5.08. The van der Waals surface area contributed by atoms with E-state index in [9.17, 15) is 9.59 Å². The molecule has 6 heteroatoms. The summed E-state index contributed by atoms with van der Waals surface area (Å²) in [5.41, 5.74) is 7.11. The van der Waals surface area contributed by atoms with Gasteiger partial charge in [-0.15, -0.1) is 0 Å². The van der Waals surface area contributed by atoms with Crippen LogP contribution in [0.4, 0.5) is 0 Å². The highest BCUT2D eigenvalue weighted by Gasteiger charge is 2.35. The van der Waals surface area contributed by atoms with Crippen LogP contribution in [-0.2, 0) is 9.59 Å². The van der Waals surface area contributed by atoms with Crippen molar-refractivity contribution in [3.8, 4) is 5.75 Å². The Kier molecular flexibility index (Phi) is 6.44. The Labute approximate surface area is 159 Å². The molecule has 0 spiro atoms. The molecule has 2 atom stereocenters. The van der Waals surface area contributed by atoms with Crippen LogP contribution >= 0.6 is 0 Å². The van der Waals surface area contributed by atoms with Gasteiger partial charge in [-0.3, -0.25) is 9.59 Å². The van der Waals surface area contributed by atoms with Gasteiger partial charge < -0.3 is 20.7 Å². The summed E-state index contributed by atoms with van der Waals surface area (Å²) in [5, 5.41) is 2.63. The number of nitrogens with one attached hydrogen (secondary N) is 1. The fourth-order valence-electron chi connectivity index (χ4n) is 3.39. The van der Waals surface area contributed by atoms with Gasteiger partial charge in [-0.2, -0.15) is 0 Å². The summed E-state index contributed by atoms with van der Waals surface area (Å²) in [6.07, 6.45) is 0. The van der Waals surface area contributed by atoms with Gasteiger partial charge in [0.25, 0.3) is 5.91 Å². The highest BCUT2D eigenvalue weighted by Crippen LogP contribution is 2.31. The Morgan fingerprint density at radius 2 is 1.70 bits per heavy atom. The standard InChI is InChI=1S/C21H25N3O3/c22-11-17-13-24(14-19(17)16-7-3-1-4-8-16)21(26)12-23-20(25)15-27-18-9-5-2-6-10-18/h1-10,17,19H,11-15,22H2,(H,23,25)/t17-,19+/m1/s1. The summed E-state index contributed by atoms with van der Waals surface area (Å²) < 4.78 is 5.38. The summed E-state index contributed by atoms with van der Waals surface area (Å²) in [6.45, 7) is 1.62. The number of ether oxygens (including phenoxy) is 1. The van der Waals surface area contributed by atoms with Crippen LogP contribution in [0.15, 0.2) is 60.7 Å². The van der Waals surface area contributed by atoms with Crippen molar-refractivity contribution in [2.45, 2.75) is 5.92 Å². The van der Waals surface area contributed by atoms with Crippen molar-refractivity contribution in [2.75, 3.05) is 32.8 Å². The molecule has 1 heterocycles. The molecule has 0 radical (unpaired) electrons. The van der Waals surface area contributed by atoms with Crippen molar-refractivity contribution in [1.29, 1.82) is 0 Å². The first kappa shape index (κ1) is 18.9. The predicted octanol–water partition coefficient (Wildman–Crippen LogP) is 1.38. The van der Waals surface area contributed by atoms with Crippen molar-refractivity contribution in [2.24, 2.45) is 11.7 Å². The van der Waals surface area contributed by atoms with E-state index in [1.807, 2.05) is 36.4 Å². The van der Waals surface area contributed by atoms with Gasteiger partial charge in [0.05, 0.1) is 6.54 Å². The largest absolute Gasteiger partial charge is 0.484 e. The number of carbonyl (C=O) groups excluding carboxylic acids is 2. The molecule has 3 rings (SSSR count). The lowest BCUT2D eigenvalue weighted by atomic mass is 9.89. The van der Waals surface area contributed by atoms with Crippen molar-refractivity contribution in [3.05, 3.63) is 66.2 Å². The molecule has 142 valence electrons. The quantitative estimate of drug-likeness (QED) is 0.774. The fraction of sp³-hybridized carbons (Fsp3) is 0.333. The Balaban J connectivity index is 1.47. The SMILES string of the molecule is NC[C@@H]1CN(C(=O)CNC(=O)COc2ccccc2)C[C@H]1c1ccccc1. The maximum Gasteiger partial charge on any atom is 0.258 e. The average Bonchev–Trinajstić information content (AvgIpc) is 3.16. The zero-order valence-corrected chi connectivity index (χ0v) is 15.2. The van der Waals surface area contributed by atoms with Crippen LogP contribution in [0.3, 0.4) is 0 Å². The Bertz CT molecular complexity index is 752. The number of hydrogen-bond donors (Lipinski definition) is 2. The zero-order chi connectivity index (χ0) is 19.1. The molecular weight excluding hydrogens is 342 g/mol. The van der Waals surface area contributed by atoms with Crippen molar-refractivity contribution in [3.63, 3.8) is 0 Å². The van der Waals surface area contributed by atoms with E-state index in [2.05, 4.69) is 17.4 Å². The van der Waals surface area contributed by atoms with E-state index >= 15 is 0 Å². The Morgan fingerprint density at radius 3 is 2.37 bits per heavy atom. The summed E-state index contributed by atoms with van der Waals surface area (Å²) >= 11 is 0.